The van der Waals surface area contributed by atoms with Gasteiger partial charge in [-0.15, -0.1) is 0 Å². The molecule has 0 aromatic heterocycles. The van der Waals surface area contributed by atoms with Crippen LogP contribution in [0.15, 0.2) is 18.2 Å². The number of carbonyl (C=O) groups excluding carboxylic acids is 1. The van der Waals surface area contributed by atoms with Gasteiger partial charge in [-0.25, -0.2) is 8.78 Å². The van der Waals surface area contributed by atoms with E-state index < -0.39 is 11.6 Å². The predicted octanol–water partition coefficient (Wildman–Crippen LogP) is 6.10. The lowest BCUT2D eigenvalue weighted by Crippen LogP contribution is -2.23. The Kier molecular flexibility index (Phi) is 6.54. The maximum Gasteiger partial charge on any atom is 0.136 e. The van der Waals surface area contributed by atoms with Crippen molar-refractivity contribution < 1.29 is 13.6 Å². The molecule has 1 unspecified atom stereocenters. The van der Waals surface area contributed by atoms with E-state index in [2.05, 4.69) is 20.8 Å². The average Bonchev–Trinajstić information content (AvgIpc) is 2.93. The number of benzene rings is 1. The molecule has 0 N–H and O–H groups in total. The van der Waals surface area contributed by atoms with Gasteiger partial charge in [-0.2, -0.15) is 0 Å². The van der Waals surface area contributed by atoms with Crippen LogP contribution >= 0.6 is 0 Å². The van der Waals surface area contributed by atoms with Crippen LogP contribution in [0.25, 0.3) is 0 Å². The van der Waals surface area contributed by atoms with Gasteiger partial charge in [0, 0.05) is 18.4 Å². The lowest BCUT2D eigenvalue weighted by molar-refractivity contribution is -0.125. The smallest absolute Gasteiger partial charge is 0.136 e. The molecule has 1 aliphatic rings. The van der Waals surface area contributed by atoms with E-state index >= 15 is 0 Å². The number of aryl methyl sites for hydroxylation is 1. The highest BCUT2D eigenvalue weighted by molar-refractivity contribution is 5.81. The van der Waals surface area contributed by atoms with Crippen LogP contribution in [0.2, 0.25) is 0 Å². The van der Waals surface area contributed by atoms with Crippen LogP contribution in [0.5, 0.6) is 0 Å². The van der Waals surface area contributed by atoms with Crippen molar-refractivity contribution in [2.75, 3.05) is 0 Å². The van der Waals surface area contributed by atoms with E-state index in [0.717, 1.165) is 12.5 Å². The van der Waals surface area contributed by atoms with Gasteiger partial charge in [-0.05, 0) is 48.3 Å². The van der Waals surface area contributed by atoms with Gasteiger partial charge in [0.25, 0.3) is 0 Å². The minimum Gasteiger partial charge on any atom is -0.299 e. The van der Waals surface area contributed by atoms with Crippen molar-refractivity contribution in [3.05, 3.63) is 35.4 Å². The molecule has 1 aromatic rings. The van der Waals surface area contributed by atoms with Crippen molar-refractivity contribution in [2.45, 2.75) is 72.1 Å². The van der Waals surface area contributed by atoms with E-state index in [9.17, 15) is 13.6 Å². The fourth-order valence-electron chi connectivity index (χ4n) is 3.82. The van der Waals surface area contributed by atoms with Crippen molar-refractivity contribution >= 4 is 5.78 Å². The maximum atomic E-state index is 13.4. The molecule has 1 nitrogen and oxygen atoms in total. The third kappa shape index (κ3) is 6.33. The topological polar surface area (TPSA) is 17.1 Å². The summed E-state index contributed by atoms with van der Waals surface area (Å²) in [5, 5.41) is 0. The first-order valence-electron chi connectivity index (χ1n) is 9.20. The Labute approximate surface area is 144 Å². The molecule has 1 fully saturated rings. The van der Waals surface area contributed by atoms with Crippen LogP contribution in [0.3, 0.4) is 0 Å². The largest absolute Gasteiger partial charge is 0.299 e. The fourth-order valence-corrected chi connectivity index (χ4v) is 3.82. The second-order valence-corrected chi connectivity index (χ2v) is 8.60. The molecular weight excluding hydrogens is 306 g/mol. The first-order chi connectivity index (χ1) is 11.2. The van der Waals surface area contributed by atoms with Crippen molar-refractivity contribution in [2.24, 2.45) is 17.3 Å². The van der Waals surface area contributed by atoms with E-state index in [0.29, 0.717) is 36.5 Å². The number of Topliss-reactive ketones (excluding diaryl/α,β-unsaturated/α-hetero) is 1. The molecule has 0 aliphatic heterocycles. The monoisotopic (exact) mass is 336 g/mol. The van der Waals surface area contributed by atoms with Gasteiger partial charge in [-0.3, -0.25) is 4.79 Å². The van der Waals surface area contributed by atoms with Crippen LogP contribution in [0.1, 0.15) is 71.3 Å². The fraction of sp³-hybridized carbons (Fsp3) is 0.667. The maximum absolute atomic E-state index is 13.4. The SMILES string of the molecule is CC(C)(C)CC(=O)C(CCc1cc(F)cc(F)c1)CC1CCCC1. The van der Waals surface area contributed by atoms with Crippen molar-refractivity contribution in [1.82, 2.24) is 0 Å². The van der Waals surface area contributed by atoms with Gasteiger partial charge in [0.05, 0.1) is 0 Å². The van der Waals surface area contributed by atoms with Gasteiger partial charge < -0.3 is 0 Å². The summed E-state index contributed by atoms with van der Waals surface area (Å²) in [5.41, 5.74) is 0.628. The summed E-state index contributed by atoms with van der Waals surface area (Å²) >= 11 is 0. The number of rotatable bonds is 7. The quantitative estimate of drug-likeness (QED) is 0.588. The molecule has 3 heteroatoms. The molecule has 0 amide bonds. The van der Waals surface area contributed by atoms with Gasteiger partial charge in [-0.1, -0.05) is 46.5 Å². The highest BCUT2D eigenvalue weighted by Crippen LogP contribution is 2.34. The summed E-state index contributed by atoms with van der Waals surface area (Å²) in [7, 11) is 0. The summed E-state index contributed by atoms with van der Waals surface area (Å²) in [6.45, 7) is 6.25. The first kappa shape index (κ1) is 19.1. The third-order valence-electron chi connectivity index (χ3n) is 4.96. The summed E-state index contributed by atoms with van der Waals surface area (Å²) in [5.74, 6) is -0.121. The van der Waals surface area contributed by atoms with Crippen molar-refractivity contribution in [1.29, 1.82) is 0 Å². The number of ketones is 1. The lowest BCUT2D eigenvalue weighted by atomic mass is 9.80. The Morgan fingerprint density at radius 2 is 1.71 bits per heavy atom. The number of hydrogen-bond donors (Lipinski definition) is 0. The Hall–Kier alpha value is -1.25. The van der Waals surface area contributed by atoms with Gasteiger partial charge in [0.2, 0.25) is 0 Å². The molecule has 1 atom stereocenters. The van der Waals surface area contributed by atoms with E-state index in [1.165, 1.54) is 37.8 Å². The molecule has 2 rings (SSSR count). The van der Waals surface area contributed by atoms with Gasteiger partial charge in [0.15, 0.2) is 0 Å². The first-order valence-corrected chi connectivity index (χ1v) is 9.20. The highest BCUT2D eigenvalue weighted by atomic mass is 19.1. The minimum absolute atomic E-state index is 0.0126. The van der Waals surface area contributed by atoms with Crippen LogP contribution in [0, 0.1) is 28.9 Å². The summed E-state index contributed by atoms with van der Waals surface area (Å²) in [4.78, 5) is 12.8. The Morgan fingerprint density at radius 1 is 1.12 bits per heavy atom. The molecule has 1 saturated carbocycles. The molecule has 0 spiro atoms. The molecule has 24 heavy (non-hydrogen) atoms. The standard InChI is InChI=1S/C21H30F2O/c1-21(2,3)14-20(24)17(10-15-6-4-5-7-15)9-8-16-11-18(22)13-19(23)12-16/h11-13,15,17H,4-10,14H2,1-3H3. The zero-order valence-electron chi connectivity index (χ0n) is 15.2. The molecular formula is C21H30F2O. The lowest BCUT2D eigenvalue weighted by Gasteiger charge is -2.24. The summed E-state index contributed by atoms with van der Waals surface area (Å²) in [6.07, 6.45) is 7.71. The second-order valence-electron chi connectivity index (χ2n) is 8.60. The van der Waals surface area contributed by atoms with Crippen molar-refractivity contribution in [3.63, 3.8) is 0 Å². The van der Waals surface area contributed by atoms with Crippen molar-refractivity contribution in [3.8, 4) is 0 Å². The van der Waals surface area contributed by atoms with Gasteiger partial charge in [0.1, 0.15) is 17.4 Å². The number of hydrogen-bond acceptors (Lipinski definition) is 1. The molecule has 0 heterocycles. The Morgan fingerprint density at radius 3 is 2.25 bits per heavy atom. The molecule has 0 saturated heterocycles. The molecule has 1 aliphatic carbocycles. The van der Waals surface area contributed by atoms with Crippen LogP contribution < -0.4 is 0 Å². The second kappa shape index (κ2) is 8.22. The summed E-state index contributed by atoms with van der Waals surface area (Å²) < 4.78 is 26.7. The average molecular weight is 336 g/mol. The molecule has 134 valence electrons. The zero-order chi connectivity index (χ0) is 17.7. The zero-order valence-corrected chi connectivity index (χ0v) is 15.2. The molecule has 1 aromatic carbocycles. The van der Waals surface area contributed by atoms with E-state index in [4.69, 9.17) is 0 Å². The predicted molar refractivity (Wildman–Crippen MR) is 93.8 cm³/mol. The Balaban J connectivity index is 2.02. The summed E-state index contributed by atoms with van der Waals surface area (Å²) in [6, 6.07) is 3.65. The van der Waals surface area contributed by atoms with Crippen LogP contribution in [0.4, 0.5) is 8.78 Å². The molecule has 0 bridgehead atoms. The Bertz CT molecular complexity index is 533. The van der Waals surface area contributed by atoms with E-state index in [1.54, 1.807) is 0 Å². The normalized spacial score (nSPS) is 17.2. The highest BCUT2D eigenvalue weighted by Gasteiger charge is 2.27. The minimum atomic E-state index is -0.543. The number of carbonyl (C=O) groups is 1. The van der Waals surface area contributed by atoms with Crippen LogP contribution in [-0.2, 0) is 11.2 Å². The van der Waals surface area contributed by atoms with Crippen LogP contribution in [-0.4, -0.2) is 5.78 Å². The van der Waals surface area contributed by atoms with E-state index in [1.807, 2.05) is 0 Å². The van der Waals surface area contributed by atoms with E-state index in [-0.39, 0.29) is 11.3 Å². The molecule has 0 radical (unpaired) electrons. The third-order valence-corrected chi connectivity index (χ3v) is 4.96. The number of halogens is 2. The van der Waals surface area contributed by atoms with Gasteiger partial charge >= 0.3 is 0 Å².